The normalized spacial score (nSPS) is 18.9. The van der Waals surface area contributed by atoms with Crippen LogP contribution in [0.15, 0.2) is 16.7 Å². The van der Waals surface area contributed by atoms with Gasteiger partial charge in [-0.2, -0.15) is 0 Å². The number of pyridine rings is 1. The number of aromatic nitrogens is 2. The zero-order valence-electron chi connectivity index (χ0n) is 13.7. The molecule has 1 fully saturated rings. The van der Waals surface area contributed by atoms with Gasteiger partial charge in [-0.25, -0.2) is 14.2 Å². The first-order valence-corrected chi connectivity index (χ1v) is 8.46. The first-order valence-electron chi connectivity index (χ1n) is 7.67. The minimum absolute atomic E-state index is 0.338. The molecule has 2 aromatic rings. The highest BCUT2D eigenvalue weighted by Crippen LogP contribution is 2.30. The van der Waals surface area contributed by atoms with Crippen molar-refractivity contribution in [2.75, 3.05) is 19.7 Å². The maximum Gasteiger partial charge on any atom is 0.410 e. The first kappa shape index (κ1) is 17.2. The van der Waals surface area contributed by atoms with Crippen LogP contribution < -0.4 is 0 Å². The number of nitrogens with one attached hydrogen (secondary N) is 1. The van der Waals surface area contributed by atoms with E-state index < -0.39 is 11.4 Å². The van der Waals surface area contributed by atoms with Gasteiger partial charge in [0.25, 0.3) is 0 Å². The Morgan fingerprint density at radius 1 is 1.54 bits per heavy atom. The Bertz CT molecular complexity index is 772. The maximum atomic E-state index is 13.6. The van der Waals surface area contributed by atoms with Crippen molar-refractivity contribution in [2.24, 2.45) is 0 Å². The molecule has 0 radical (unpaired) electrons. The molecule has 3 heterocycles. The molecule has 0 unspecified atom stereocenters. The molecule has 3 rings (SSSR count). The fraction of sp³-hybridized carbons (Fsp3) is 0.500. The molecule has 1 saturated heterocycles. The van der Waals surface area contributed by atoms with E-state index in [-0.39, 0.29) is 12.2 Å². The van der Waals surface area contributed by atoms with Gasteiger partial charge in [0.05, 0.1) is 23.8 Å². The molecule has 8 heteroatoms. The molecule has 0 aromatic carbocycles. The van der Waals surface area contributed by atoms with Crippen molar-refractivity contribution in [3.8, 4) is 0 Å². The van der Waals surface area contributed by atoms with Gasteiger partial charge in [-0.3, -0.25) is 0 Å². The van der Waals surface area contributed by atoms with E-state index in [0.29, 0.717) is 35.2 Å². The number of amides is 1. The summed E-state index contributed by atoms with van der Waals surface area (Å²) in [6.07, 6.45) is 0.453. The summed E-state index contributed by atoms with van der Waals surface area (Å²) in [4.78, 5) is 21.0. The Balaban J connectivity index is 1.80. The second kappa shape index (κ2) is 6.33. The van der Waals surface area contributed by atoms with Crippen LogP contribution in [0, 0.1) is 5.82 Å². The molecule has 0 bridgehead atoms. The Hall–Kier alpha value is -1.67. The van der Waals surface area contributed by atoms with Crippen LogP contribution in [0.5, 0.6) is 0 Å². The van der Waals surface area contributed by atoms with Gasteiger partial charge in [0, 0.05) is 17.6 Å². The van der Waals surface area contributed by atoms with Gasteiger partial charge in [-0.05, 0) is 42.8 Å². The van der Waals surface area contributed by atoms with Crippen LogP contribution in [-0.2, 0) is 9.47 Å². The number of hydrogen-bond donors (Lipinski definition) is 1. The van der Waals surface area contributed by atoms with Crippen LogP contribution in [0.3, 0.4) is 0 Å². The molecule has 1 aliphatic rings. The Labute approximate surface area is 147 Å². The number of rotatable bonds is 1. The topological polar surface area (TPSA) is 67.4 Å². The molecule has 1 amide bonds. The smallest absolute Gasteiger partial charge is 0.410 e. The minimum Gasteiger partial charge on any atom is -0.444 e. The van der Waals surface area contributed by atoms with E-state index in [1.807, 2.05) is 20.8 Å². The van der Waals surface area contributed by atoms with E-state index in [9.17, 15) is 9.18 Å². The zero-order chi connectivity index (χ0) is 17.5. The van der Waals surface area contributed by atoms with Crippen LogP contribution >= 0.6 is 15.9 Å². The fourth-order valence-electron chi connectivity index (χ4n) is 2.54. The summed E-state index contributed by atoms with van der Waals surface area (Å²) in [5, 5.41) is 0.642. The Kier molecular flexibility index (Phi) is 4.52. The van der Waals surface area contributed by atoms with Crippen molar-refractivity contribution in [3.05, 3.63) is 28.2 Å². The van der Waals surface area contributed by atoms with Crippen LogP contribution in [0.2, 0.25) is 0 Å². The van der Waals surface area contributed by atoms with Crippen LogP contribution in [0.25, 0.3) is 11.0 Å². The number of H-pyrrole nitrogens is 1. The van der Waals surface area contributed by atoms with Crippen LogP contribution in [0.4, 0.5) is 9.18 Å². The van der Waals surface area contributed by atoms with Gasteiger partial charge in [0.2, 0.25) is 0 Å². The third kappa shape index (κ3) is 3.54. The fourth-order valence-corrected chi connectivity index (χ4v) is 2.95. The van der Waals surface area contributed by atoms with E-state index in [1.54, 1.807) is 11.0 Å². The SMILES string of the molecule is CC(C)(C)OC(=O)N1CCO[C@H](c2cc3c(Br)c(F)cnc3[nH]2)C1. The molecule has 1 atom stereocenters. The Morgan fingerprint density at radius 3 is 3.00 bits per heavy atom. The second-order valence-corrected chi connectivity index (χ2v) is 7.49. The standard InChI is InChI=1S/C16H19BrFN3O3/c1-16(2,3)24-15(22)21-4-5-23-12(8-21)11-6-9-13(17)10(18)7-19-14(9)20-11/h6-7,12H,4-5,8H2,1-3H3,(H,19,20)/t12-/m0/s1. The average molecular weight is 400 g/mol. The second-order valence-electron chi connectivity index (χ2n) is 6.69. The maximum absolute atomic E-state index is 13.6. The van der Waals surface area contributed by atoms with E-state index in [0.717, 1.165) is 11.9 Å². The number of carbonyl (C=O) groups is 1. The predicted molar refractivity (Wildman–Crippen MR) is 90.3 cm³/mol. The first-order chi connectivity index (χ1) is 11.2. The van der Waals surface area contributed by atoms with Gasteiger partial charge in [-0.1, -0.05) is 0 Å². The van der Waals surface area contributed by atoms with Crippen LogP contribution in [0.1, 0.15) is 32.6 Å². The Morgan fingerprint density at radius 2 is 2.29 bits per heavy atom. The van der Waals surface area contributed by atoms with Gasteiger partial charge < -0.3 is 19.4 Å². The number of ether oxygens (including phenoxy) is 2. The molecule has 6 nitrogen and oxygen atoms in total. The molecule has 0 aliphatic carbocycles. The van der Waals surface area contributed by atoms with Crippen molar-refractivity contribution in [2.45, 2.75) is 32.5 Å². The van der Waals surface area contributed by atoms with E-state index >= 15 is 0 Å². The lowest BCUT2D eigenvalue weighted by molar-refractivity contribution is -0.0444. The highest BCUT2D eigenvalue weighted by atomic mass is 79.9. The summed E-state index contributed by atoms with van der Waals surface area (Å²) in [7, 11) is 0. The molecule has 1 N–H and O–H groups in total. The summed E-state index contributed by atoms with van der Waals surface area (Å²) in [5.74, 6) is -0.423. The van der Waals surface area contributed by atoms with E-state index in [2.05, 4.69) is 25.9 Å². The molecule has 24 heavy (non-hydrogen) atoms. The molecular formula is C16H19BrFN3O3. The third-order valence-electron chi connectivity index (χ3n) is 3.64. The molecule has 0 saturated carbocycles. The molecule has 0 spiro atoms. The summed E-state index contributed by atoms with van der Waals surface area (Å²) in [6, 6.07) is 1.79. The van der Waals surface area contributed by atoms with Gasteiger partial charge in [0.15, 0.2) is 5.82 Å². The highest BCUT2D eigenvalue weighted by molar-refractivity contribution is 9.10. The lowest BCUT2D eigenvalue weighted by atomic mass is 10.2. The lowest BCUT2D eigenvalue weighted by Crippen LogP contribution is -2.44. The van der Waals surface area contributed by atoms with E-state index in [1.165, 1.54) is 0 Å². The number of morpholine rings is 1. The summed E-state index contributed by atoms with van der Waals surface area (Å²) in [5.41, 5.74) is 0.770. The zero-order valence-corrected chi connectivity index (χ0v) is 15.3. The third-order valence-corrected chi connectivity index (χ3v) is 4.44. The van der Waals surface area contributed by atoms with Crippen molar-refractivity contribution >= 4 is 33.1 Å². The molecular weight excluding hydrogens is 381 g/mol. The van der Waals surface area contributed by atoms with E-state index in [4.69, 9.17) is 9.47 Å². The highest BCUT2D eigenvalue weighted by Gasteiger charge is 2.30. The van der Waals surface area contributed by atoms with Crippen molar-refractivity contribution in [3.63, 3.8) is 0 Å². The predicted octanol–water partition coefficient (Wildman–Crippen LogP) is 3.77. The summed E-state index contributed by atoms with van der Waals surface area (Å²) >= 11 is 3.23. The van der Waals surface area contributed by atoms with Crippen molar-refractivity contribution in [1.29, 1.82) is 0 Å². The van der Waals surface area contributed by atoms with Crippen LogP contribution in [-0.4, -0.2) is 46.3 Å². The number of hydrogen-bond acceptors (Lipinski definition) is 4. The number of fused-ring (bicyclic) bond motifs is 1. The monoisotopic (exact) mass is 399 g/mol. The quantitative estimate of drug-likeness (QED) is 0.792. The lowest BCUT2D eigenvalue weighted by Gasteiger charge is -2.33. The number of aromatic amines is 1. The largest absolute Gasteiger partial charge is 0.444 e. The molecule has 1 aliphatic heterocycles. The molecule has 2 aromatic heterocycles. The van der Waals surface area contributed by atoms with Gasteiger partial charge >= 0.3 is 6.09 Å². The summed E-state index contributed by atoms with van der Waals surface area (Å²) < 4.78 is 25.1. The summed E-state index contributed by atoms with van der Waals surface area (Å²) in [6.45, 7) is 6.74. The van der Waals surface area contributed by atoms with Crippen molar-refractivity contribution < 1.29 is 18.7 Å². The molecule has 130 valence electrons. The minimum atomic E-state index is -0.543. The number of halogens is 2. The van der Waals surface area contributed by atoms with Gasteiger partial charge in [0.1, 0.15) is 17.4 Å². The average Bonchev–Trinajstić information content (AvgIpc) is 2.94. The number of nitrogens with zero attached hydrogens (tertiary/aromatic N) is 2. The van der Waals surface area contributed by atoms with Gasteiger partial charge in [-0.15, -0.1) is 0 Å². The van der Waals surface area contributed by atoms with Crippen molar-refractivity contribution in [1.82, 2.24) is 14.9 Å². The number of carbonyl (C=O) groups excluding carboxylic acids is 1.